The van der Waals surface area contributed by atoms with E-state index >= 15 is 0 Å². The molecule has 8 nitrogen and oxygen atoms in total. The summed E-state index contributed by atoms with van der Waals surface area (Å²) in [6.45, 7) is 4.42. The minimum Gasteiger partial charge on any atom is -0.497 e. The Bertz CT molecular complexity index is 1640. The molecule has 2 aliphatic rings. The Morgan fingerprint density at radius 3 is 2.62 bits per heavy atom. The van der Waals surface area contributed by atoms with Crippen LogP contribution in [0.15, 0.2) is 79.4 Å². The second-order valence-electron chi connectivity index (χ2n) is 9.70. The van der Waals surface area contributed by atoms with Crippen molar-refractivity contribution in [3.05, 3.63) is 96.2 Å². The van der Waals surface area contributed by atoms with E-state index in [-0.39, 0.29) is 42.9 Å². The molecule has 10 heteroatoms. The number of rotatable bonds is 6. The second kappa shape index (κ2) is 9.71. The first kappa shape index (κ1) is 25.4. The molecule has 4 aromatic rings. The van der Waals surface area contributed by atoms with Crippen molar-refractivity contribution in [1.82, 2.24) is 14.8 Å². The third-order valence-corrected chi connectivity index (χ3v) is 7.13. The Morgan fingerprint density at radius 1 is 1.07 bits per heavy atom. The Morgan fingerprint density at radius 2 is 1.85 bits per heavy atom. The number of piperazine rings is 1. The molecule has 1 N–H and O–H groups in total. The van der Waals surface area contributed by atoms with Gasteiger partial charge in [-0.15, -0.1) is 8.78 Å². The van der Waals surface area contributed by atoms with E-state index in [4.69, 9.17) is 4.74 Å². The van der Waals surface area contributed by atoms with E-state index in [2.05, 4.69) is 21.0 Å². The molecule has 1 saturated heterocycles. The van der Waals surface area contributed by atoms with Crippen LogP contribution in [0.5, 0.6) is 17.2 Å². The number of aromatic amines is 1. The maximum Gasteiger partial charge on any atom is 0.586 e. The van der Waals surface area contributed by atoms with Gasteiger partial charge in [-0.05, 0) is 53.1 Å². The smallest absolute Gasteiger partial charge is 0.497 e. The lowest BCUT2D eigenvalue weighted by Gasteiger charge is -2.42. The van der Waals surface area contributed by atoms with Crippen molar-refractivity contribution in [1.29, 1.82) is 0 Å². The standard InChI is InChI=1S/C30H25F2N3O5/c1-18(20-6-4-3-5-7-20)25-16-34(29(37)24-14-21-13-22(38-2)9-10-23(21)33-24)17-28(36)35(25)15-19-8-11-26-27(12-19)40-30(31,32)39-26/h3-14,25,33H,1,15-17H2,2H3/t25-/m1/s1. The van der Waals surface area contributed by atoms with Crippen molar-refractivity contribution >= 4 is 28.3 Å². The first-order chi connectivity index (χ1) is 19.2. The number of hydrogen-bond acceptors (Lipinski definition) is 5. The van der Waals surface area contributed by atoms with E-state index in [1.54, 1.807) is 30.2 Å². The van der Waals surface area contributed by atoms with Gasteiger partial charge in [0.15, 0.2) is 11.5 Å². The number of amides is 2. The fraction of sp³-hybridized carbons (Fsp3) is 0.200. The molecule has 0 aliphatic carbocycles. The number of alkyl halides is 2. The number of hydrogen-bond donors (Lipinski definition) is 1. The molecular weight excluding hydrogens is 520 g/mol. The van der Waals surface area contributed by atoms with Crippen LogP contribution in [0.1, 0.15) is 21.6 Å². The lowest BCUT2D eigenvalue weighted by Crippen LogP contribution is -2.57. The van der Waals surface area contributed by atoms with Crippen LogP contribution in [0.25, 0.3) is 16.5 Å². The fourth-order valence-corrected chi connectivity index (χ4v) is 5.11. The fourth-order valence-electron chi connectivity index (χ4n) is 5.11. The maximum absolute atomic E-state index is 13.6. The van der Waals surface area contributed by atoms with Crippen molar-refractivity contribution in [2.75, 3.05) is 20.2 Å². The summed E-state index contributed by atoms with van der Waals surface area (Å²) in [6, 6.07) is 20.4. The maximum atomic E-state index is 13.6. The van der Waals surface area contributed by atoms with Gasteiger partial charge in [-0.25, -0.2) is 0 Å². The van der Waals surface area contributed by atoms with E-state index < -0.39 is 12.3 Å². The molecule has 204 valence electrons. The molecule has 2 amide bonds. The van der Waals surface area contributed by atoms with Gasteiger partial charge in [-0.2, -0.15) is 0 Å². The van der Waals surface area contributed by atoms with Crippen molar-refractivity contribution in [2.45, 2.75) is 18.9 Å². The zero-order chi connectivity index (χ0) is 28.0. The summed E-state index contributed by atoms with van der Waals surface area (Å²) in [5, 5.41) is 0.811. The minimum absolute atomic E-state index is 0.0725. The van der Waals surface area contributed by atoms with Crippen LogP contribution in [-0.2, 0) is 11.3 Å². The highest BCUT2D eigenvalue weighted by molar-refractivity contribution is 6.00. The van der Waals surface area contributed by atoms with Gasteiger partial charge in [0.25, 0.3) is 5.91 Å². The lowest BCUT2D eigenvalue weighted by atomic mass is 9.95. The lowest BCUT2D eigenvalue weighted by molar-refractivity contribution is -0.286. The van der Waals surface area contributed by atoms with Crippen LogP contribution in [-0.4, -0.2) is 59.1 Å². The summed E-state index contributed by atoms with van der Waals surface area (Å²) in [7, 11) is 1.57. The molecule has 3 heterocycles. The molecule has 3 aromatic carbocycles. The largest absolute Gasteiger partial charge is 0.586 e. The van der Waals surface area contributed by atoms with E-state index in [0.717, 1.165) is 16.5 Å². The number of nitrogens with zero attached hydrogens (tertiary/aromatic N) is 2. The first-order valence-electron chi connectivity index (χ1n) is 12.6. The van der Waals surface area contributed by atoms with E-state index in [1.165, 1.54) is 17.0 Å². The van der Waals surface area contributed by atoms with Crippen molar-refractivity contribution in [3.63, 3.8) is 0 Å². The Hall–Kier alpha value is -4.86. The van der Waals surface area contributed by atoms with Gasteiger partial charge in [0.2, 0.25) is 5.91 Å². The molecular formula is C30H25F2N3O5. The summed E-state index contributed by atoms with van der Waals surface area (Å²) in [5.41, 5.74) is 3.17. The minimum atomic E-state index is -3.74. The number of halogens is 2. The Kier molecular flexibility index (Phi) is 6.17. The van der Waals surface area contributed by atoms with Gasteiger partial charge in [0.1, 0.15) is 18.0 Å². The average molecular weight is 546 g/mol. The van der Waals surface area contributed by atoms with Crippen molar-refractivity contribution < 1.29 is 32.6 Å². The number of carbonyl (C=O) groups is 2. The van der Waals surface area contributed by atoms with Gasteiger partial charge in [-0.3, -0.25) is 9.59 Å². The van der Waals surface area contributed by atoms with Gasteiger partial charge in [-0.1, -0.05) is 43.0 Å². The van der Waals surface area contributed by atoms with Crippen molar-refractivity contribution in [2.24, 2.45) is 0 Å². The van der Waals surface area contributed by atoms with Crippen LogP contribution in [0.2, 0.25) is 0 Å². The summed E-state index contributed by atoms with van der Waals surface area (Å²) in [6.07, 6.45) is -3.74. The Balaban J connectivity index is 1.29. The number of ether oxygens (including phenoxy) is 3. The molecule has 0 spiro atoms. The van der Waals surface area contributed by atoms with Crippen LogP contribution >= 0.6 is 0 Å². The molecule has 0 radical (unpaired) electrons. The summed E-state index contributed by atoms with van der Waals surface area (Å²) in [4.78, 5) is 33.4. The van der Waals surface area contributed by atoms with Crippen LogP contribution < -0.4 is 14.2 Å². The van der Waals surface area contributed by atoms with E-state index in [1.807, 2.05) is 42.5 Å². The molecule has 0 bridgehead atoms. The van der Waals surface area contributed by atoms with Crippen LogP contribution in [0.4, 0.5) is 8.78 Å². The van der Waals surface area contributed by atoms with Gasteiger partial charge in [0.05, 0.1) is 13.2 Å². The number of H-pyrrole nitrogens is 1. The van der Waals surface area contributed by atoms with E-state index in [0.29, 0.717) is 22.6 Å². The Labute approximate surface area is 228 Å². The van der Waals surface area contributed by atoms with Gasteiger partial charge < -0.3 is 29.0 Å². The summed E-state index contributed by atoms with van der Waals surface area (Å²) < 4.78 is 41.4. The number of benzene rings is 3. The number of aromatic nitrogens is 1. The number of nitrogens with one attached hydrogen (secondary N) is 1. The zero-order valence-electron chi connectivity index (χ0n) is 21.5. The quantitative estimate of drug-likeness (QED) is 0.366. The molecule has 40 heavy (non-hydrogen) atoms. The van der Waals surface area contributed by atoms with Crippen molar-refractivity contribution in [3.8, 4) is 17.2 Å². The predicted molar refractivity (Wildman–Crippen MR) is 143 cm³/mol. The van der Waals surface area contributed by atoms with Gasteiger partial charge >= 0.3 is 6.29 Å². The molecule has 1 fully saturated rings. The average Bonchev–Trinajstić information content (AvgIpc) is 3.51. The molecule has 1 atom stereocenters. The topological polar surface area (TPSA) is 84.1 Å². The number of carbonyl (C=O) groups excluding carboxylic acids is 2. The molecule has 1 aromatic heterocycles. The number of methoxy groups -OCH3 is 1. The highest BCUT2D eigenvalue weighted by atomic mass is 19.3. The number of fused-ring (bicyclic) bond motifs is 2. The normalized spacial score (nSPS) is 17.8. The highest BCUT2D eigenvalue weighted by Gasteiger charge is 2.44. The van der Waals surface area contributed by atoms with E-state index in [9.17, 15) is 18.4 Å². The van der Waals surface area contributed by atoms with Crippen LogP contribution in [0, 0.1) is 0 Å². The first-order valence-corrected chi connectivity index (χ1v) is 12.6. The SMILES string of the molecule is C=C(c1ccccc1)[C@H]1CN(C(=O)c2cc3cc(OC)ccc3[nH]2)CC(=O)N1Cc1ccc2c(c1)OC(F)(F)O2. The third-order valence-electron chi connectivity index (χ3n) is 7.13. The monoisotopic (exact) mass is 545 g/mol. The molecule has 2 aliphatic heterocycles. The zero-order valence-corrected chi connectivity index (χ0v) is 21.5. The summed E-state index contributed by atoms with van der Waals surface area (Å²) >= 11 is 0. The molecule has 6 rings (SSSR count). The highest BCUT2D eigenvalue weighted by Crippen LogP contribution is 2.41. The second-order valence-corrected chi connectivity index (χ2v) is 9.70. The van der Waals surface area contributed by atoms with Gasteiger partial charge in [0, 0.05) is 24.0 Å². The predicted octanol–water partition coefficient (Wildman–Crippen LogP) is 5.06. The molecule has 0 unspecified atom stereocenters. The third kappa shape index (κ3) is 4.72. The summed E-state index contributed by atoms with van der Waals surface area (Å²) in [5.74, 6) is -0.128. The molecule has 0 saturated carbocycles. The van der Waals surface area contributed by atoms with Crippen LogP contribution in [0.3, 0.4) is 0 Å².